The number of phenolic OH excluding ortho intramolecular Hbond substituents is 1. The number of aromatic nitrogens is 4. The lowest BCUT2D eigenvalue weighted by molar-refractivity contribution is 0.0999. The van der Waals surface area contributed by atoms with Gasteiger partial charge < -0.3 is 31.8 Å². The summed E-state index contributed by atoms with van der Waals surface area (Å²) in [6, 6.07) is 32.1. The van der Waals surface area contributed by atoms with Crippen LogP contribution in [-0.2, 0) is 0 Å². The summed E-state index contributed by atoms with van der Waals surface area (Å²) in [6.45, 7) is 5.89. The van der Waals surface area contributed by atoms with Gasteiger partial charge in [-0.3, -0.25) is 4.79 Å². The minimum absolute atomic E-state index is 0. The quantitative estimate of drug-likeness (QED) is 0.0746. The number of phenols is 1. The molecule has 1 aliphatic heterocycles. The summed E-state index contributed by atoms with van der Waals surface area (Å²) in [5, 5.41) is 31.1. The van der Waals surface area contributed by atoms with E-state index in [9.17, 15) is 7.65 Å². The molecule has 0 saturated carbocycles. The molecule has 0 atom stereocenters. The van der Waals surface area contributed by atoms with Gasteiger partial charge in [0.1, 0.15) is 7.14 Å². The van der Waals surface area contributed by atoms with Gasteiger partial charge in [-0.15, -0.1) is 28.9 Å². The van der Waals surface area contributed by atoms with E-state index in [0.29, 0.717) is 78.9 Å². The number of nitrogens with zero attached hydrogens (tertiary/aromatic N) is 5. The van der Waals surface area contributed by atoms with Crippen LogP contribution in [0.3, 0.4) is 0 Å². The van der Waals surface area contributed by atoms with Gasteiger partial charge in [-0.1, -0.05) is 138 Å². The lowest BCUT2D eigenvalue weighted by Gasteiger charge is -2.17. The van der Waals surface area contributed by atoms with Crippen molar-refractivity contribution in [3.05, 3.63) is 168 Å². The molecule has 8 aromatic rings. The molecular formula is C47H41Cl6FI2N8O4. The molecule has 1 aliphatic rings. The first-order valence-corrected chi connectivity index (χ1v) is 22.1. The zero-order chi connectivity index (χ0) is 50.2. The van der Waals surface area contributed by atoms with E-state index >= 15 is 0 Å². The van der Waals surface area contributed by atoms with E-state index in [-0.39, 0.29) is 51.3 Å². The fourth-order valence-corrected chi connectivity index (χ4v) is 7.77. The zero-order valence-electron chi connectivity index (χ0n) is 36.1. The highest BCUT2D eigenvalue weighted by Crippen LogP contribution is 2.40. The minimum Gasteiger partial charge on any atom is -0.505 e. The van der Waals surface area contributed by atoms with Crippen LogP contribution >= 0.6 is 117 Å². The van der Waals surface area contributed by atoms with Crippen LogP contribution in [0.25, 0.3) is 21.5 Å². The van der Waals surface area contributed by atoms with Gasteiger partial charge in [0.25, 0.3) is 0 Å². The average molecular weight is 1270 g/mol. The molecule has 2 aromatic heterocycles. The highest BCUT2D eigenvalue weighted by Gasteiger charge is 2.23. The summed E-state index contributed by atoms with van der Waals surface area (Å²) >= 11 is 37.5. The number of Topliss-reactive ketones (excluding diaryl/α,β-unsaturated/α-hetero) is 1. The van der Waals surface area contributed by atoms with E-state index in [0.717, 1.165) is 27.9 Å². The Hall–Kier alpha value is -4.73. The van der Waals surface area contributed by atoms with Gasteiger partial charge in [0.05, 0.1) is 47.2 Å². The third-order valence-corrected chi connectivity index (χ3v) is 10.9. The molecule has 0 bridgehead atoms. The smallest absolute Gasteiger partial charge is 0.246 e. The molecule has 0 saturated heterocycles. The minimum atomic E-state index is -0.127. The molecule has 0 spiro atoms. The van der Waals surface area contributed by atoms with Crippen molar-refractivity contribution < 1.29 is 22.2 Å². The summed E-state index contributed by atoms with van der Waals surface area (Å²) < 4.78 is 26.7. The first kappa shape index (κ1) is 55.9. The van der Waals surface area contributed by atoms with Gasteiger partial charge in [-0.2, -0.15) is 18.2 Å². The van der Waals surface area contributed by atoms with Crippen molar-refractivity contribution in [2.45, 2.75) is 28.2 Å². The Bertz CT molecular complexity index is 3000. The van der Waals surface area contributed by atoms with Crippen molar-refractivity contribution in [3.63, 3.8) is 0 Å². The van der Waals surface area contributed by atoms with Crippen molar-refractivity contribution >= 4 is 167 Å². The van der Waals surface area contributed by atoms with Crippen LogP contribution in [0.1, 0.15) is 40.4 Å². The Kier molecular flexibility index (Phi) is 22.1. The maximum absolute atomic E-state index is 11.8. The highest BCUT2D eigenvalue weighted by molar-refractivity contribution is 14.1. The number of hydrogen-bond donors (Lipinski definition) is 4. The van der Waals surface area contributed by atoms with Crippen LogP contribution in [0, 0.1) is 20.8 Å². The predicted molar refractivity (Wildman–Crippen MR) is 298 cm³/mol. The average Bonchev–Trinajstić information content (AvgIpc) is 3.32. The number of hydrogen-bond acceptors (Lipinski definition) is 12. The first-order chi connectivity index (χ1) is 32.5. The van der Waals surface area contributed by atoms with Gasteiger partial charge in [-0.25, -0.2) is 4.99 Å². The van der Waals surface area contributed by atoms with Gasteiger partial charge >= 0.3 is 0 Å². The molecule has 0 aliphatic carbocycles. The first-order valence-electron chi connectivity index (χ1n) is 19.4. The molecule has 7 N–H and O–H groups in total. The summed E-state index contributed by atoms with van der Waals surface area (Å²) in [5.74, 6) is 1.08. The van der Waals surface area contributed by atoms with E-state index < -0.39 is 0 Å². The predicted octanol–water partition coefficient (Wildman–Crippen LogP) is 15.3. The SMILES string of the molecule is C.Cc1nnc(C)c2ccccc12.Cc1nnc(Oc2c(Cl)cc(N)cc2Cl)c2ccccc12.FI.Nc1cc(Cl)c(O)c(Cl)c1.Nc1cc(Cl)c(OC2=NCC(=O)c3ccccc32)c(Cl)c1.[2H]I. The molecule has 0 radical (unpaired) electrons. The molecule has 21 heteroatoms. The maximum Gasteiger partial charge on any atom is 0.246 e. The Labute approximate surface area is 453 Å². The summed E-state index contributed by atoms with van der Waals surface area (Å²) in [4.78, 5) is 16.0. The van der Waals surface area contributed by atoms with Crippen molar-refractivity contribution in [2.75, 3.05) is 23.7 Å². The lowest BCUT2D eigenvalue weighted by atomic mass is 10.0. The second-order valence-electron chi connectivity index (χ2n) is 13.8. The van der Waals surface area contributed by atoms with Crippen molar-refractivity contribution in [1.29, 1.82) is 0.594 Å². The molecule has 68 heavy (non-hydrogen) atoms. The topological polar surface area (TPSA) is 198 Å². The molecule has 0 fully saturated rings. The second kappa shape index (κ2) is 26.9. The lowest BCUT2D eigenvalue weighted by Crippen LogP contribution is -2.23. The Morgan fingerprint density at radius 2 is 0.912 bits per heavy atom. The number of rotatable bonds is 3. The zero-order valence-corrected chi connectivity index (χ0v) is 44.0. The standard InChI is InChI=1S/C15H11Cl2N3O.C15H10Cl2N2O2.C10H10N2.C6H5Cl2NO.CH4.FI.HI/c1-8-10-4-2-3-5-11(10)15(20-19-8)21-14-12(16)6-9(18)7-13(14)17;16-11-5-8(18)6-12(17)14(11)21-15-10-4-2-1-3-9(10)13(20)7-19-15;1-7-9-5-3-4-6-10(9)8(2)12-11-7;7-4-1-3(9)2-5(8)6(4)10;;1-2;/h2-7H,18H2,1H3;1-6H,7,18H2;3-6H,1-2H3;1-2,10H,9H2;1H4;;1H/i/hD. The third kappa shape index (κ3) is 14.6. The molecule has 3 heterocycles. The van der Waals surface area contributed by atoms with Crippen molar-refractivity contribution in [1.82, 2.24) is 20.4 Å². The normalized spacial score (nSPS) is 11.0. The number of fused-ring (bicyclic) bond motifs is 3. The van der Waals surface area contributed by atoms with Crippen LogP contribution in [0.2, 0.25) is 30.1 Å². The van der Waals surface area contributed by atoms with Crippen LogP contribution in [0.5, 0.6) is 23.1 Å². The van der Waals surface area contributed by atoms with E-state index in [2.05, 4.69) is 37.5 Å². The van der Waals surface area contributed by atoms with E-state index in [1.807, 2.05) is 63.2 Å². The van der Waals surface area contributed by atoms with Gasteiger partial charge in [0.2, 0.25) is 11.8 Å². The van der Waals surface area contributed by atoms with Crippen molar-refractivity contribution in [2.24, 2.45) is 4.99 Å². The molecule has 0 unspecified atom stereocenters. The number of carbonyl (C=O) groups excluding carboxylic acids is 1. The number of aromatic hydroxyl groups is 1. The van der Waals surface area contributed by atoms with Crippen LogP contribution in [0.15, 0.2) is 114 Å². The number of aryl methyl sites for hydroxylation is 3. The molecule has 12 nitrogen and oxygen atoms in total. The number of nitrogens with two attached hydrogens (primary N) is 3. The van der Waals surface area contributed by atoms with Gasteiger partial charge in [0, 0.05) is 49.7 Å². The summed E-state index contributed by atoms with van der Waals surface area (Å²) in [7, 11) is 0. The third-order valence-electron chi connectivity index (χ3n) is 9.20. The van der Waals surface area contributed by atoms with Crippen LogP contribution in [-0.4, -0.2) is 44.3 Å². The number of anilines is 3. The number of halogens is 9. The molecule has 9 rings (SSSR count). The van der Waals surface area contributed by atoms with E-state index in [1.54, 1.807) is 42.5 Å². The fraction of sp³-hybridized carbons (Fsp3) is 0.106. The Morgan fingerprint density at radius 1 is 0.574 bits per heavy atom. The number of carbonyl (C=O) groups is 1. The fourth-order valence-electron chi connectivity index (χ4n) is 6.11. The van der Waals surface area contributed by atoms with Gasteiger partial charge in [-0.05, 0) is 69.3 Å². The Morgan fingerprint density at radius 3 is 1.35 bits per heavy atom. The number of ketones is 1. The Balaban J connectivity index is 0.000000246. The highest BCUT2D eigenvalue weighted by atomic mass is 127. The van der Waals surface area contributed by atoms with E-state index in [4.69, 9.17) is 102 Å². The molecule has 6 aromatic carbocycles. The summed E-state index contributed by atoms with van der Waals surface area (Å²) in [5.41, 5.74) is 22.1. The number of benzene rings is 6. The second-order valence-corrected chi connectivity index (χ2v) is 16.3. The van der Waals surface area contributed by atoms with Crippen LogP contribution < -0.4 is 26.7 Å². The monoisotopic (exact) mass is 1260 g/mol. The molecule has 356 valence electrons. The van der Waals surface area contributed by atoms with Crippen LogP contribution in [0.4, 0.5) is 19.9 Å². The number of aliphatic imine (C=N–C) groups is 1. The summed E-state index contributed by atoms with van der Waals surface area (Å²) in [6.07, 6.45) is 0. The molecular weight excluding hydrogens is 1230 g/mol. The maximum atomic E-state index is 11.8. The number of nitrogen functional groups attached to an aromatic ring is 3. The van der Waals surface area contributed by atoms with E-state index in [1.165, 1.54) is 46.7 Å². The largest absolute Gasteiger partial charge is 0.505 e. The molecule has 0 amide bonds. The van der Waals surface area contributed by atoms with Gasteiger partial charge in [0.15, 0.2) is 46.2 Å². The number of ether oxygens (including phenoxy) is 2. The van der Waals surface area contributed by atoms with Crippen molar-refractivity contribution in [3.8, 4) is 23.1 Å².